The number of ether oxygens (including phenoxy) is 2. The van der Waals surface area contributed by atoms with Gasteiger partial charge in [0.25, 0.3) is 0 Å². The van der Waals surface area contributed by atoms with Gasteiger partial charge in [-0.2, -0.15) is 0 Å². The summed E-state index contributed by atoms with van der Waals surface area (Å²) in [5.74, 6) is 1.37. The van der Waals surface area contributed by atoms with Crippen molar-refractivity contribution in [2.75, 3.05) is 19.0 Å². The monoisotopic (exact) mass is 313 g/mol. The van der Waals surface area contributed by atoms with Crippen molar-refractivity contribution in [1.29, 1.82) is 0 Å². The first-order chi connectivity index (χ1) is 11.2. The number of hydrogen-bond donors (Lipinski definition) is 2. The third-order valence-corrected chi connectivity index (χ3v) is 3.78. The minimum absolute atomic E-state index is 0.0649. The summed E-state index contributed by atoms with van der Waals surface area (Å²) < 4.78 is 10.7. The van der Waals surface area contributed by atoms with Crippen molar-refractivity contribution >= 4 is 11.7 Å². The van der Waals surface area contributed by atoms with Gasteiger partial charge in [-0.25, -0.2) is 9.78 Å². The number of nitrogens with one attached hydrogen (secondary N) is 2. The van der Waals surface area contributed by atoms with Crippen LogP contribution in [0.2, 0.25) is 0 Å². The number of anilines is 1. The molecule has 1 aromatic carbocycles. The third kappa shape index (κ3) is 3.36. The molecule has 2 amide bonds. The zero-order valence-corrected chi connectivity index (χ0v) is 13.1. The predicted molar refractivity (Wildman–Crippen MR) is 87.0 cm³/mol. The molecule has 0 bridgehead atoms. The lowest BCUT2D eigenvalue weighted by Gasteiger charge is -2.27. The van der Waals surface area contributed by atoms with Crippen molar-refractivity contribution in [2.24, 2.45) is 0 Å². The lowest BCUT2D eigenvalue weighted by atomic mass is 9.98. The van der Waals surface area contributed by atoms with Gasteiger partial charge in [0, 0.05) is 18.1 Å². The van der Waals surface area contributed by atoms with Gasteiger partial charge in [-0.1, -0.05) is 18.2 Å². The van der Waals surface area contributed by atoms with E-state index >= 15 is 0 Å². The minimum Gasteiger partial charge on any atom is -0.493 e. The smallest absolute Gasteiger partial charge is 0.319 e. The van der Waals surface area contributed by atoms with Crippen molar-refractivity contribution in [3.63, 3.8) is 0 Å². The Labute approximate surface area is 134 Å². The number of para-hydroxylation sites is 1. The number of aryl methyl sites for hydroxylation is 1. The predicted octanol–water partition coefficient (Wildman–Crippen LogP) is 3.04. The van der Waals surface area contributed by atoms with Gasteiger partial charge < -0.3 is 20.1 Å². The molecule has 1 atom stereocenters. The average molecular weight is 313 g/mol. The summed E-state index contributed by atoms with van der Waals surface area (Å²) in [5.41, 5.74) is 2.70. The van der Waals surface area contributed by atoms with Crippen LogP contribution in [0.15, 0.2) is 36.5 Å². The largest absolute Gasteiger partial charge is 0.493 e. The van der Waals surface area contributed by atoms with Crippen molar-refractivity contribution in [3.05, 3.63) is 47.7 Å². The van der Waals surface area contributed by atoms with E-state index in [0.717, 1.165) is 23.3 Å². The lowest BCUT2D eigenvalue weighted by Crippen LogP contribution is -2.35. The van der Waals surface area contributed by atoms with Crippen LogP contribution >= 0.6 is 0 Å². The van der Waals surface area contributed by atoms with Crippen LogP contribution in [0.5, 0.6) is 11.6 Å². The van der Waals surface area contributed by atoms with Crippen LogP contribution in [-0.4, -0.2) is 24.7 Å². The van der Waals surface area contributed by atoms with Gasteiger partial charge in [-0.3, -0.25) is 0 Å². The van der Waals surface area contributed by atoms with Crippen molar-refractivity contribution < 1.29 is 14.3 Å². The van der Waals surface area contributed by atoms with Gasteiger partial charge in [0.1, 0.15) is 5.75 Å². The molecule has 2 N–H and O–H groups in total. The van der Waals surface area contributed by atoms with Crippen LogP contribution in [0.25, 0.3) is 0 Å². The molecule has 1 aliphatic rings. The highest BCUT2D eigenvalue weighted by Gasteiger charge is 2.24. The van der Waals surface area contributed by atoms with E-state index in [-0.39, 0.29) is 12.1 Å². The van der Waals surface area contributed by atoms with Crippen LogP contribution in [0.3, 0.4) is 0 Å². The van der Waals surface area contributed by atoms with E-state index in [4.69, 9.17) is 9.47 Å². The minimum atomic E-state index is -0.267. The van der Waals surface area contributed by atoms with E-state index in [1.807, 2.05) is 25.1 Å². The summed E-state index contributed by atoms with van der Waals surface area (Å²) in [7, 11) is 1.55. The third-order valence-electron chi connectivity index (χ3n) is 3.78. The van der Waals surface area contributed by atoms with Gasteiger partial charge >= 0.3 is 6.03 Å². The van der Waals surface area contributed by atoms with Crippen LogP contribution < -0.4 is 20.1 Å². The zero-order chi connectivity index (χ0) is 16.2. The van der Waals surface area contributed by atoms with Gasteiger partial charge in [-0.05, 0) is 18.6 Å². The summed E-state index contributed by atoms with van der Waals surface area (Å²) in [6, 6.07) is 9.08. The first-order valence-electron chi connectivity index (χ1n) is 7.47. The number of urea groups is 1. The maximum absolute atomic E-state index is 12.2. The molecule has 2 heterocycles. The molecule has 23 heavy (non-hydrogen) atoms. The van der Waals surface area contributed by atoms with E-state index in [1.165, 1.54) is 0 Å². The van der Waals surface area contributed by atoms with Crippen LogP contribution in [-0.2, 0) is 0 Å². The van der Waals surface area contributed by atoms with Crippen LogP contribution in [0.1, 0.15) is 23.6 Å². The van der Waals surface area contributed by atoms with Gasteiger partial charge in [0.05, 0.1) is 31.6 Å². The lowest BCUT2D eigenvalue weighted by molar-refractivity contribution is 0.231. The molecule has 0 saturated heterocycles. The van der Waals surface area contributed by atoms with Crippen LogP contribution in [0, 0.1) is 6.92 Å². The normalized spacial score (nSPS) is 16.0. The highest BCUT2D eigenvalue weighted by molar-refractivity contribution is 5.89. The summed E-state index contributed by atoms with van der Waals surface area (Å²) in [6.45, 7) is 2.59. The molecule has 2 aromatic rings. The first-order valence-corrected chi connectivity index (χ1v) is 7.47. The van der Waals surface area contributed by atoms with Crippen molar-refractivity contribution in [2.45, 2.75) is 19.4 Å². The standard InChI is InChI=1S/C17H19N3O3/c1-11-4-3-5-13-14(8-9-23-16(11)13)20-17(21)19-12-6-7-15(22-2)18-10-12/h3-7,10,14H,8-9H2,1-2H3,(H2,19,20,21)/t14-/m1/s1. The van der Waals surface area contributed by atoms with Gasteiger partial charge in [0.2, 0.25) is 5.88 Å². The van der Waals surface area contributed by atoms with Crippen molar-refractivity contribution in [1.82, 2.24) is 10.3 Å². The summed E-state index contributed by atoms with van der Waals surface area (Å²) >= 11 is 0. The Morgan fingerprint density at radius 1 is 1.35 bits per heavy atom. The Kier molecular flexibility index (Phi) is 4.32. The molecule has 0 unspecified atom stereocenters. The second kappa shape index (κ2) is 6.56. The molecule has 6 heteroatoms. The number of nitrogens with zero attached hydrogens (tertiary/aromatic N) is 1. The molecule has 120 valence electrons. The van der Waals surface area contributed by atoms with E-state index in [9.17, 15) is 4.79 Å². The number of pyridine rings is 1. The quantitative estimate of drug-likeness (QED) is 0.913. The number of carbonyl (C=O) groups excluding carboxylic acids is 1. The molecular formula is C17H19N3O3. The highest BCUT2D eigenvalue weighted by atomic mass is 16.5. The number of amides is 2. The Morgan fingerprint density at radius 3 is 2.96 bits per heavy atom. The van der Waals surface area contributed by atoms with E-state index in [1.54, 1.807) is 25.4 Å². The van der Waals surface area contributed by atoms with Gasteiger partial charge in [0.15, 0.2) is 0 Å². The number of hydrogen-bond acceptors (Lipinski definition) is 4. The number of carbonyl (C=O) groups is 1. The number of aromatic nitrogens is 1. The summed E-state index contributed by atoms with van der Waals surface area (Å²) in [6.07, 6.45) is 2.30. The van der Waals surface area contributed by atoms with Crippen molar-refractivity contribution in [3.8, 4) is 11.6 Å². The number of benzene rings is 1. The molecule has 1 aliphatic heterocycles. The molecule has 1 aromatic heterocycles. The molecule has 0 fully saturated rings. The van der Waals surface area contributed by atoms with Gasteiger partial charge in [-0.15, -0.1) is 0 Å². The average Bonchev–Trinajstić information content (AvgIpc) is 2.56. The summed E-state index contributed by atoms with van der Waals surface area (Å²) in [5, 5.41) is 5.77. The Hall–Kier alpha value is -2.76. The fourth-order valence-electron chi connectivity index (χ4n) is 2.63. The SMILES string of the molecule is COc1ccc(NC(=O)N[C@@H]2CCOc3c(C)cccc32)cn1. The molecule has 0 radical (unpaired) electrons. The second-order valence-corrected chi connectivity index (χ2v) is 5.37. The maximum Gasteiger partial charge on any atom is 0.319 e. The molecule has 0 aliphatic carbocycles. The summed E-state index contributed by atoms with van der Waals surface area (Å²) in [4.78, 5) is 16.3. The zero-order valence-electron chi connectivity index (χ0n) is 13.1. The van der Waals surface area contributed by atoms with E-state index in [2.05, 4.69) is 15.6 Å². The van der Waals surface area contributed by atoms with E-state index in [0.29, 0.717) is 18.2 Å². The fourth-order valence-corrected chi connectivity index (χ4v) is 2.63. The molecular weight excluding hydrogens is 294 g/mol. The number of methoxy groups -OCH3 is 1. The number of fused-ring (bicyclic) bond motifs is 1. The topological polar surface area (TPSA) is 72.5 Å². The Balaban J connectivity index is 1.68. The molecule has 6 nitrogen and oxygen atoms in total. The maximum atomic E-state index is 12.2. The molecule has 0 saturated carbocycles. The van der Waals surface area contributed by atoms with E-state index < -0.39 is 0 Å². The van der Waals surface area contributed by atoms with Crippen LogP contribution in [0.4, 0.5) is 10.5 Å². The second-order valence-electron chi connectivity index (χ2n) is 5.37. The Bertz CT molecular complexity index is 701. The molecule has 0 spiro atoms. The highest BCUT2D eigenvalue weighted by Crippen LogP contribution is 2.34. The molecule has 3 rings (SSSR count). The first kappa shape index (κ1) is 15.1. The fraction of sp³-hybridized carbons (Fsp3) is 0.294. The number of rotatable bonds is 3. The Morgan fingerprint density at radius 2 is 2.22 bits per heavy atom.